The summed E-state index contributed by atoms with van der Waals surface area (Å²) in [6.45, 7) is 3.87. The maximum atomic E-state index is 12.6. The molecule has 3 aromatic rings. The Kier molecular flexibility index (Phi) is 4.77. The van der Waals surface area contributed by atoms with Gasteiger partial charge in [-0.1, -0.05) is 18.2 Å². The zero-order chi connectivity index (χ0) is 18.8. The summed E-state index contributed by atoms with van der Waals surface area (Å²) in [7, 11) is 4.12. The molecular formula is C20H24N6O. The average molecular weight is 364 g/mol. The number of hydrogen-bond acceptors (Lipinski definition) is 5. The van der Waals surface area contributed by atoms with E-state index in [1.807, 2.05) is 42.1 Å². The second-order valence-electron chi connectivity index (χ2n) is 7.06. The number of rotatable bonds is 4. The third kappa shape index (κ3) is 3.78. The molecule has 0 spiro atoms. The fourth-order valence-corrected chi connectivity index (χ4v) is 3.55. The number of piperazine rings is 1. The molecule has 0 saturated carbocycles. The van der Waals surface area contributed by atoms with Crippen LogP contribution in [0.3, 0.4) is 0 Å². The minimum absolute atomic E-state index is 0.0746. The van der Waals surface area contributed by atoms with Crippen LogP contribution in [0.5, 0.6) is 0 Å². The second kappa shape index (κ2) is 7.36. The van der Waals surface area contributed by atoms with Gasteiger partial charge in [0, 0.05) is 56.4 Å². The molecule has 1 aliphatic rings. The highest BCUT2D eigenvalue weighted by molar-refractivity contribution is 5.95. The predicted octanol–water partition coefficient (Wildman–Crippen LogP) is 1.90. The zero-order valence-corrected chi connectivity index (χ0v) is 15.7. The van der Waals surface area contributed by atoms with E-state index >= 15 is 0 Å². The maximum absolute atomic E-state index is 12.6. The molecule has 1 aliphatic heterocycles. The summed E-state index contributed by atoms with van der Waals surface area (Å²) in [6.07, 6.45) is 3.84. The number of aryl methyl sites for hydroxylation is 1. The van der Waals surface area contributed by atoms with Crippen LogP contribution in [0.2, 0.25) is 0 Å². The van der Waals surface area contributed by atoms with Crippen LogP contribution >= 0.6 is 0 Å². The van der Waals surface area contributed by atoms with Gasteiger partial charge in [0.05, 0.1) is 6.42 Å². The number of carbonyl (C=O) groups is 1. The average Bonchev–Trinajstić information content (AvgIpc) is 2.98. The van der Waals surface area contributed by atoms with Gasteiger partial charge in [-0.15, -0.1) is 0 Å². The molecule has 0 aliphatic carbocycles. The molecule has 1 saturated heterocycles. The quantitative estimate of drug-likeness (QED) is 0.766. The first-order valence-electron chi connectivity index (χ1n) is 9.18. The van der Waals surface area contributed by atoms with Gasteiger partial charge in [-0.3, -0.25) is 4.79 Å². The number of benzene rings is 1. The highest BCUT2D eigenvalue weighted by atomic mass is 16.1. The van der Waals surface area contributed by atoms with Crippen molar-refractivity contribution in [1.29, 1.82) is 0 Å². The van der Waals surface area contributed by atoms with Crippen LogP contribution in [0.25, 0.3) is 10.9 Å². The summed E-state index contributed by atoms with van der Waals surface area (Å²) in [5.74, 6) is 1.33. The number of nitrogens with one attached hydrogen (secondary N) is 1. The van der Waals surface area contributed by atoms with E-state index < -0.39 is 0 Å². The Balaban J connectivity index is 1.46. The maximum Gasteiger partial charge on any atom is 0.230 e. The van der Waals surface area contributed by atoms with Gasteiger partial charge in [-0.2, -0.15) is 0 Å². The summed E-state index contributed by atoms with van der Waals surface area (Å²) in [6, 6.07) is 9.97. The van der Waals surface area contributed by atoms with E-state index in [4.69, 9.17) is 0 Å². The number of fused-ring (bicyclic) bond motifs is 1. The molecule has 0 atom stereocenters. The summed E-state index contributed by atoms with van der Waals surface area (Å²) < 4.78 is 2.05. The van der Waals surface area contributed by atoms with Crippen molar-refractivity contribution in [2.75, 3.05) is 43.4 Å². The normalized spacial score (nSPS) is 15.3. The Bertz CT molecular complexity index is 958. The van der Waals surface area contributed by atoms with Gasteiger partial charge in [0.15, 0.2) is 0 Å². The van der Waals surface area contributed by atoms with Gasteiger partial charge < -0.3 is 19.7 Å². The fourth-order valence-electron chi connectivity index (χ4n) is 3.55. The first kappa shape index (κ1) is 17.5. The molecule has 0 radical (unpaired) electrons. The zero-order valence-electron chi connectivity index (χ0n) is 15.7. The van der Waals surface area contributed by atoms with Crippen molar-refractivity contribution in [3.05, 3.63) is 48.4 Å². The lowest BCUT2D eigenvalue weighted by atomic mass is 10.1. The highest BCUT2D eigenvalue weighted by Gasteiger charge is 2.16. The van der Waals surface area contributed by atoms with Gasteiger partial charge in [0.25, 0.3) is 0 Å². The third-order valence-electron chi connectivity index (χ3n) is 5.08. The molecule has 0 bridgehead atoms. The number of aromatic nitrogens is 3. The van der Waals surface area contributed by atoms with Crippen LogP contribution in [0, 0.1) is 0 Å². The molecule has 1 aromatic carbocycles. The molecule has 2 aromatic heterocycles. The van der Waals surface area contributed by atoms with Crippen LogP contribution < -0.4 is 10.2 Å². The molecule has 27 heavy (non-hydrogen) atoms. The van der Waals surface area contributed by atoms with E-state index in [-0.39, 0.29) is 5.91 Å². The van der Waals surface area contributed by atoms with Gasteiger partial charge in [-0.25, -0.2) is 9.97 Å². The first-order valence-corrected chi connectivity index (χ1v) is 9.18. The van der Waals surface area contributed by atoms with Crippen LogP contribution in [0.4, 0.5) is 11.6 Å². The molecule has 4 rings (SSSR count). The number of carbonyl (C=O) groups excluding carboxylic acids is 1. The smallest absolute Gasteiger partial charge is 0.230 e. The van der Waals surface area contributed by atoms with Gasteiger partial charge in [-0.05, 0) is 18.7 Å². The molecule has 0 unspecified atom stereocenters. The fraction of sp³-hybridized carbons (Fsp3) is 0.350. The lowest BCUT2D eigenvalue weighted by Gasteiger charge is -2.33. The van der Waals surface area contributed by atoms with Crippen molar-refractivity contribution >= 4 is 28.4 Å². The molecule has 7 heteroatoms. The van der Waals surface area contributed by atoms with Crippen molar-refractivity contribution in [3.63, 3.8) is 0 Å². The highest BCUT2D eigenvalue weighted by Crippen LogP contribution is 2.21. The van der Waals surface area contributed by atoms with Crippen molar-refractivity contribution in [2.45, 2.75) is 6.42 Å². The summed E-state index contributed by atoms with van der Waals surface area (Å²) in [5, 5.41) is 4.02. The number of para-hydroxylation sites is 1. The number of likely N-dealkylation sites (N-methyl/N-ethyl adjacent to an activating group) is 1. The lowest BCUT2D eigenvalue weighted by Crippen LogP contribution is -2.44. The Morgan fingerprint density at radius 1 is 1.11 bits per heavy atom. The van der Waals surface area contributed by atoms with Crippen LogP contribution in [0.1, 0.15) is 5.56 Å². The Hall–Kier alpha value is -2.93. The van der Waals surface area contributed by atoms with Crippen LogP contribution in [-0.2, 0) is 18.3 Å². The Morgan fingerprint density at radius 3 is 2.70 bits per heavy atom. The van der Waals surface area contributed by atoms with Gasteiger partial charge >= 0.3 is 0 Å². The van der Waals surface area contributed by atoms with E-state index in [9.17, 15) is 4.79 Å². The summed E-state index contributed by atoms with van der Waals surface area (Å²) in [4.78, 5) is 25.7. The number of nitrogens with zero attached hydrogens (tertiary/aromatic N) is 5. The predicted molar refractivity (Wildman–Crippen MR) is 107 cm³/mol. The van der Waals surface area contributed by atoms with E-state index in [0.29, 0.717) is 12.2 Å². The molecular weight excluding hydrogens is 340 g/mol. The monoisotopic (exact) mass is 364 g/mol. The van der Waals surface area contributed by atoms with Crippen molar-refractivity contribution in [3.8, 4) is 0 Å². The van der Waals surface area contributed by atoms with E-state index in [1.165, 1.54) is 6.33 Å². The van der Waals surface area contributed by atoms with Crippen molar-refractivity contribution in [2.24, 2.45) is 7.05 Å². The molecule has 3 heterocycles. The Labute approximate surface area is 158 Å². The first-order chi connectivity index (χ1) is 13.1. The number of hydrogen-bond donors (Lipinski definition) is 1. The standard InChI is InChI=1S/C20H24N6O/c1-24-7-9-26(10-8-24)19-12-18(21-14-22-19)23-20(27)11-15-13-25(2)17-6-4-3-5-16(15)17/h3-6,12-14H,7-11H2,1-2H3,(H,21,22,23,27). The summed E-state index contributed by atoms with van der Waals surface area (Å²) in [5.41, 5.74) is 2.14. The SMILES string of the molecule is CN1CCN(c2cc(NC(=O)Cc3cn(C)c4ccccc34)ncn2)CC1. The van der Waals surface area contributed by atoms with E-state index in [0.717, 1.165) is 48.5 Å². The van der Waals surface area contributed by atoms with Crippen molar-refractivity contribution in [1.82, 2.24) is 19.4 Å². The molecule has 1 fully saturated rings. The molecule has 7 nitrogen and oxygen atoms in total. The lowest BCUT2D eigenvalue weighted by molar-refractivity contribution is -0.115. The number of anilines is 2. The topological polar surface area (TPSA) is 66.3 Å². The third-order valence-corrected chi connectivity index (χ3v) is 5.08. The van der Waals surface area contributed by atoms with E-state index in [1.54, 1.807) is 0 Å². The van der Waals surface area contributed by atoms with Gasteiger partial charge in [0.1, 0.15) is 18.0 Å². The molecule has 140 valence electrons. The van der Waals surface area contributed by atoms with Crippen molar-refractivity contribution < 1.29 is 4.79 Å². The molecule has 1 amide bonds. The van der Waals surface area contributed by atoms with Crippen LogP contribution in [0.15, 0.2) is 42.9 Å². The van der Waals surface area contributed by atoms with E-state index in [2.05, 4.69) is 38.2 Å². The second-order valence-corrected chi connectivity index (χ2v) is 7.06. The molecule has 1 N–H and O–H groups in total. The minimum Gasteiger partial charge on any atom is -0.354 e. The van der Waals surface area contributed by atoms with Gasteiger partial charge in [0.2, 0.25) is 5.91 Å². The van der Waals surface area contributed by atoms with Crippen LogP contribution in [-0.4, -0.2) is 58.6 Å². The summed E-state index contributed by atoms with van der Waals surface area (Å²) >= 11 is 0. The minimum atomic E-state index is -0.0746. The Morgan fingerprint density at radius 2 is 1.89 bits per heavy atom. The number of amides is 1. The largest absolute Gasteiger partial charge is 0.354 e.